The lowest BCUT2D eigenvalue weighted by Gasteiger charge is -2.25. The molecule has 2 aliphatic rings. The third kappa shape index (κ3) is 4.52. The summed E-state index contributed by atoms with van der Waals surface area (Å²) in [7, 11) is 0. The summed E-state index contributed by atoms with van der Waals surface area (Å²) in [6.45, 7) is 2.41. The zero-order chi connectivity index (χ0) is 21.1. The maximum Gasteiger partial charge on any atom is 0.227 e. The molecule has 2 aromatic carbocycles. The van der Waals surface area contributed by atoms with E-state index in [4.69, 9.17) is 11.6 Å². The van der Waals surface area contributed by atoms with Gasteiger partial charge in [0.1, 0.15) is 5.75 Å². The van der Waals surface area contributed by atoms with Gasteiger partial charge in [0, 0.05) is 30.0 Å². The lowest BCUT2D eigenvalue weighted by atomic mass is 9.94. The predicted octanol–water partition coefficient (Wildman–Crippen LogP) is 4.07. The third-order valence-corrected chi connectivity index (χ3v) is 6.34. The zero-order valence-corrected chi connectivity index (χ0v) is 17.8. The lowest BCUT2D eigenvalue weighted by Crippen LogP contribution is -2.32. The van der Waals surface area contributed by atoms with Crippen molar-refractivity contribution in [2.45, 2.75) is 44.9 Å². The molecule has 0 aliphatic carbocycles. The van der Waals surface area contributed by atoms with E-state index in [-0.39, 0.29) is 17.4 Å². The Balaban J connectivity index is 1.20. The number of phenols is 1. The van der Waals surface area contributed by atoms with Gasteiger partial charge in [-0.15, -0.1) is 0 Å². The van der Waals surface area contributed by atoms with E-state index < -0.39 is 0 Å². The first-order valence-electron chi connectivity index (χ1n) is 10.7. The number of phenolic OH excluding ortho intramolecular Hbond substituents is 1. The highest BCUT2D eigenvalue weighted by molar-refractivity contribution is 6.31. The molecule has 2 N–H and O–H groups in total. The van der Waals surface area contributed by atoms with Gasteiger partial charge < -0.3 is 15.3 Å². The normalized spacial score (nSPS) is 14.8. The molecule has 0 aromatic heterocycles. The van der Waals surface area contributed by atoms with Gasteiger partial charge in [0.05, 0.1) is 5.69 Å². The minimum atomic E-state index is 0.180. The molecule has 2 aromatic rings. The number of anilines is 1. The van der Waals surface area contributed by atoms with E-state index in [0.717, 1.165) is 79.7 Å². The van der Waals surface area contributed by atoms with Crippen LogP contribution in [0.5, 0.6) is 5.75 Å². The molecule has 4 rings (SSSR count). The van der Waals surface area contributed by atoms with Gasteiger partial charge in [0.25, 0.3) is 0 Å². The molecule has 30 heavy (non-hydrogen) atoms. The van der Waals surface area contributed by atoms with Crippen LogP contribution in [0.25, 0.3) is 0 Å². The summed E-state index contributed by atoms with van der Waals surface area (Å²) in [6, 6.07) is 9.06. The highest BCUT2D eigenvalue weighted by atomic mass is 35.5. The number of Topliss-reactive ketones (excluding diaryl/α,β-unsaturated/α-hetero) is 1. The van der Waals surface area contributed by atoms with Crippen LogP contribution in [0.1, 0.15) is 52.7 Å². The van der Waals surface area contributed by atoms with Crippen molar-refractivity contribution in [3.05, 3.63) is 57.6 Å². The molecule has 6 heteroatoms. The smallest absolute Gasteiger partial charge is 0.227 e. The van der Waals surface area contributed by atoms with Crippen molar-refractivity contribution in [2.75, 3.05) is 24.5 Å². The molecule has 2 aliphatic heterocycles. The van der Waals surface area contributed by atoms with Crippen LogP contribution < -0.4 is 10.2 Å². The highest BCUT2D eigenvalue weighted by Crippen LogP contribution is 2.37. The maximum absolute atomic E-state index is 12.7. The summed E-state index contributed by atoms with van der Waals surface area (Å²) in [5, 5.41) is 13.4. The number of carbonyl (C=O) groups excluding carboxylic acids is 2. The summed E-state index contributed by atoms with van der Waals surface area (Å²) in [6.07, 6.45) is 5.28. The van der Waals surface area contributed by atoms with Crippen LogP contribution in [0.15, 0.2) is 30.3 Å². The Kier molecular flexibility index (Phi) is 6.40. The molecule has 158 valence electrons. The summed E-state index contributed by atoms with van der Waals surface area (Å²) in [4.78, 5) is 26.6. The zero-order valence-electron chi connectivity index (χ0n) is 17.0. The quantitative estimate of drug-likeness (QED) is 0.468. The molecule has 5 nitrogen and oxygen atoms in total. The van der Waals surface area contributed by atoms with E-state index in [0.29, 0.717) is 17.9 Å². The highest BCUT2D eigenvalue weighted by Gasteiger charge is 2.31. The second-order valence-corrected chi connectivity index (χ2v) is 8.50. The number of benzene rings is 2. The van der Waals surface area contributed by atoms with Crippen molar-refractivity contribution < 1.29 is 14.7 Å². The van der Waals surface area contributed by atoms with Gasteiger partial charge in [0.15, 0.2) is 5.78 Å². The lowest BCUT2D eigenvalue weighted by molar-refractivity contribution is -0.118. The fourth-order valence-corrected chi connectivity index (χ4v) is 4.66. The number of nitrogens with zero attached hydrogens (tertiary/aromatic N) is 1. The average molecular weight is 427 g/mol. The van der Waals surface area contributed by atoms with Crippen molar-refractivity contribution in [3.8, 4) is 5.75 Å². The molecule has 0 atom stereocenters. The van der Waals surface area contributed by atoms with E-state index in [1.54, 1.807) is 12.1 Å². The number of rotatable bonds is 9. The monoisotopic (exact) mass is 426 g/mol. The molecular weight excluding hydrogens is 400 g/mol. The molecule has 0 saturated heterocycles. The van der Waals surface area contributed by atoms with Gasteiger partial charge in [0.2, 0.25) is 5.91 Å². The van der Waals surface area contributed by atoms with Gasteiger partial charge >= 0.3 is 0 Å². The summed E-state index contributed by atoms with van der Waals surface area (Å²) in [5.74, 6) is 0.584. The number of aryl methyl sites for hydroxylation is 1. The SMILES string of the molecule is O=C(CCCCNCCc1ccc(O)cc1Cl)c1cc2c3c(c1)CCN3C(=O)CC2. The van der Waals surface area contributed by atoms with Crippen LogP contribution in [0.2, 0.25) is 5.02 Å². The Morgan fingerprint density at radius 3 is 2.67 bits per heavy atom. The second kappa shape index (κ2) is 9.19. The number of nitrogens with one attached hydrogen (secondary N) is 1. The molecule has 0 fully saturated rings. The summed E-state index contributed by atoms with van der Waals surface area (Å²) < 4.78 is 0. The van der Waals surface area contributed by atoms with Crippen molar-refractivity contribution >= 4 is 29.0 Å². The first-order valence-corrected chi connectivity index (χ1v) is 11.1. The van der Waals surface area contributed by atoms with E-state index in [1.807, 2.05) is 23.1 Å². The van der Waals surface area contributed by atoms with Crippen LogP contribution in [0.4, 0.5) is 5.69 Å². The van der Waals surface area contributed by atoms with Crippen molar-refractivity contribution in [1.29, 1.82) is 0 Å². The fraction of sp³-hybridized carbons (Fsp3) is 0.417. The van der Waals surface area contributed by atoms with E-state index >= 15 is 0 Å². The predicted molar refractivity (Wildman–Crippen MR) is 119 cm³/mol. The number of aromatic hydroxyl groups is 1. The van der Waals surface area contributed by atoms with Crippen LogP contribution in [-0.4, -0.2) is 36.4 Å². The van der Waals surface area contributed by atoms with Gasteiger partial charge in [-0.1, -0.05) is 17.7 Å². The Bertz CT molecular complexity index is 973. The first kappa shape index (κ1) is 20.9. The van der Waals surface area contributed by atoms with Gasteiger partial charge in [-0.05, 0) is 86.1 Å². The molecule has 0 spiro atoms. The number of carbonyl (C=O) groups is 2. The number of ketones is 1. The number of unbranched alkanes of at least 4 members (excludes halogenated alkanes) is 1. The summed E-state index contributed by atoms with van der Waals surface area (Å²) >= 11 is 6.12. The minimum absolute atomic E-state index is 0.180. The van der Waals surface area contributed by atoms with Crippen molar-refractivity contribution in [1.82, 2.24) is 5.32 Å². The van der Waals surface area contributed by atoms with Crippen molar-refractivity contribution in [3.63, 3.8) is 0 Å². The largest absolute Gasteiger partial charge is 0.508 e. The fourth-order valence-electron chi connectivity index (χ4n) is 4.39. The molecular formula is C24H27ClN2O3. The molecule has 0 bridgehead atoms. The van der Waals surface area contributed by atoms with Crippen molar-refractivity contribution in [2.24, 2.45) is 0 Å². The number of hydrogen-bond acceptors (Lipinski definition) is 4. The van der Waals surface area contributed by atoms with E-state index in [1.165, 1.54) is 0 Å². The van der Waals surface area contributed by atoms with Crippen LogP contribution in [-0.2, 0) is 24.1 Å². The molecule has 0 saturated carbocycles. The Morgan fingerprint density at radius 1 is 1.07 bits per heavy atom. The second-order valence-electron chi connectivity index (χ2n) is 8.09. The van der Waals surface area contributed by atoms with Gasteiger partial charge in [-0.3, -0.25) is 9.59 Å². The summed E-state index contributed by atoms with van der Waals surface area (Å²) in [5.41, 5.74) is 5.19. The third-order valence-electron chi connectivity index (χ3n) is 5.99. The topological polar surface area (TPSA) is 69.6 Å². The Hall–Kier alpha value is -2.37. The number of hydrogen-bond donors (Lipinski definition) is 2. The average Bonchev–Trinajstić information content (AvgIpc) is 3.16. The first-order chi connectivity index (χ1) is 14.5. The standard InChI is InChI=1S/C24H27ClN2O3/c25-21-15-20(28)6-4-16(21)8-11-26-10-2-1-3-22(29)19-13-17-5-7-23(30)27-12-9-18(14-19)24(17)27/h4,6,13-15,26,28H,1-3,5,7-12H2. The Labute approximate surface area is 182 Å². The Morgan fingerprint density at radius 2 is 1.87 bits per heavy atom. The van der Waals surface area contributed by atoms with Gasteiger partial charge in [-0.2, -0.15) is 0 Å². The maximum atomic E-state index is 12.7. The molecule has 1 amide bonds. The number of amides is 1. The molecule has 0 radical (unpaired) electrons. The number of halogens is 1. The minimum Gasteiger partial charge on any atom is -0.508 e. The van der Waals surface area contributed by atoms with Crippen LogP contribution >= 0.6 is 11.6 Å². The van der Waals surface area contributed by atoms with Crippen LogP contribution in [0.3, 0.4) is 0 Å². The molecule has 0 unspecified atom stereocenters. The van der Waals surface area contributed by atoms with E-state index in [9.17, 15) is 14.7 Å². The van der Waals surface area contributed by atoms with Crippen LogP contribution in [0, 0.1) is 0 Å². The van der Waals surface area contributed by atoms with Gasteiger partial charge in [-0.25, -0.2) is 0 Å². The molecule has 2 heterocycles. The van der Waals surface area contributed by atoms with E-state index in [2.05, 4.69) is 5.32 Å².